The molecule has 0 fully saturated rings. The largest absolute Gasteiger partial charge is 0.479 e. The highest BCUT2D eigenvalue weighted by atomic mass is 17.1. The van der Waals surface area contributed by atoms with E-state index < -0.39 is 11.6 Å². The maximum absolute atomic E-state index is 10.8. The number of carboxylic acid groups (broad SMARTS) is 1. The van der Waals surface area contributed by atoms with Crippen molar-refractivity contribution in [2.24, 2.45) is 0 Å². The minimum Gasteiger partial charge on any atom is -0.479 e. The van der Waals surface area contributed by atoms with Gasteiger partial charge in [0.05, 0.1) is 0 Å². The van der Waals surface area contributed by atoms with E-state index in [1.165, 1.54) is 6.92 Å². The average molecular weight is 182 g/mol. The molecule has 4 nitrogen and oxygen atoms in total. The van der Waals surface area contributed by atoms with Gasteiger partial charge in [-0.3, -0.25) is 5.26 Å². The van der Waals surface area contributed by atoms with E-state index in [9.17, 15) is 4.79 Å². The first kappa shape index (κ1) is 9.70. The molecule has 0 aromatic heterocycles. The van der Waals surface area contributed by atoms with Crippen molar-refractivity contribution in [1.82, 2.24) is 0 Å². The summed E-state index contributed by atoms with van der Waals surface area (Å²) in [5.74, 6) is -1.23. The molecule has 1 aromatic carbocycles. The smallest absolute Gasteiger partial charge is 0.343 e. The zero-order valence-electron chi connectivity index (χ0n) is 7.10. The molecule has 4 heteroatoms. The normalized spacial score (nSPS) is 14.9. The van der Waals surface area contributed by atoms with Gasteiger partial charge in [0.1, 0.15) is 0 Å². The van der Waals surface area contributed by atoms with Gasteiger partial charge in [-0.1, -0.05) is 30.3 Å². The van der Waals surface area contributed by atoms with Crippen molar-refractivity contribution >= 4 is 5.97 Å². The van der Waals surface area contributed by atoms with Crippen molar-refractivity contribution in [2.45, 2.75) is 12.5 Å². The highest BCUT2D eigenvalue weighted by Crippen LogP contribution is 2.23. The Hall–Kier alpha value is -1.39. The van der Waals surface area contributed by atoms with Crippen LogP contribution in [0, 0.1) is 0 Å². The molecular weight excluding hydrogens is 172 g/mol. The Bertz CT molecular complexity index is 296. The van der Waals surface area contributed by atoms with Crippen LogP contribution in [0.25, 0.3) is 0 Å². The predicted molar refractivity (Wildman–Crippen MR) is 45.1 cm³/mol. The fourth-order valence-electron chi connectivity index (χ4n) is 0.971. The third kappa shape index (κ3) is 1.68. The first-order valence-electron chi connectivity index (χ1n) is 3.73. The number of hydrogen-bond acceptors (Lipinski definition) is 3. The zero-order valence-corrected chi connectivity index (χ0v) is 7.10. The lowest BCUT2D eigenvalue weighted by molar-refractivity contribution is -0.317. The van der Waals surface area contributed by atoms with Gasteiger partial charge in [-0.05, 0) is 12.5 Å². The summed E-state index contributed by atoms with van der Waals surface area (Å²) in [5.41, 5.74) is -1.30. The van der Waals surface area contributed by atoms with Crippen LogP contribution in [0.1, 0.15) is 12.5 Å². The molecule has 0 saturated heterocycles. The van der Waals surface area contributed by atoms with Gasteiger partial charge in [0, 0.05) is 0 Å². The average Bonchev–Trinajstić information content (AvgIpc) is 2.17. The van der Waals surface area contributed by atoms with Crippen LogP contribution < -0.4 is 0 Å². The minimum atomic E-state index is -1.69. The van der Waals surface area contributed by atoms with Crippen molar-refractivity contribution in [3.05, 3.63) is 35.9 Å². The number of carboxylic acids is 1. The highest BCUT2D eigenvalue weighted by molar-refractivity contribution is 5.78. The summed E-state index contributed by atoms with van der Waals surface area (Å²) in [4.78, 5) is 14.8. The molecule has 0 heterocycles. The SMILES string of the molecule is CC(OO)(C(=O)O)c1ccccc1. The van der Waals surface area contributed by atoms with Crippen LogP contribution in [0.5, 0.6) is 0 Å². The van der Waals surface area contributed by atoms with Crippen LogP contribution in [0.15, 0.2) is 30.3 Å². The van der Waals surface area contributed by atoms with E-state index in [2.05, 4.69) is 4.89 Å². The molecule has 0 aliphatic rings. The van der Waals surface area contributed by atoms with Gasteiger partial charge < -0.3 is 5.11 Å². The summed E-state index contributed by atoms with van der Waals surface area (Å²) in [5, 5.41) is 17.3. The molecule has 1 aromatic rings. The summed E-state index contributed by atoms with van der Waals surface area (Å²) < 4.78 is 0. The lowest BCUT2D eigenvalue weighted by Gasteiger charge is -2.20. The topological polar surface area (TPSA) is 66.8 Å². The van der Waals surface area contributed by atoms with Crippen LogP contribution in [-0.2, 0) is 15.3 Å². The number of hydrogen-bond donors (Lipinski definition) is 2. The first-order valence-corrected chi connectivity index (χ1v) is 3.73. The molecule has 2 N–H and O–H groups in total. The summed E-state index contributed by atoms with van der Waals surface area (Å²) in [7, 11) is 0. The van der Waals surface area contributed by atoms with Gasteiger partial charge in [0.2, 0.25) is 5.60 Å². The summed E-state index contributed by atoms with van der Waals surface area (Å²) in [6.07, 6.45) is 0. The Balaban J connectivity index is 3.11. The number of benzene rings is 1. The quantitative estimate of drug-likeness (QED) is 0.548. The molecule has 1 unspecified atom stereocenters. The van der Waals surface area contributed by atoms with Crippen LogP contribution in [-0.4, -0.2) is 16.3 Å². The second-order valence-corrected chi connectivity index (χ2v) is 2.80. The Morgan fingerprint density at radius 2 is 1.92 bits per heavy atom. The van der Waals surface area contributed by atoms with E-state index in [1.54, 1.807) is 30.3 Å². The molecule has 0 aliphatic heterocycles. The lowest BCUT2D eigenvalue weighted by Crippen LogP contribution is -2.34. The second-order valence-electron chi connectivity index (χ2n) is 2.80. The molecule has 0 radical (unpaired) electrons. The van der Waals surface area contributed by atoms with Crippen molar-refractivity contribution < 1.29 is 20.0 Å². The fraction of sp³-hybridized carbons (Fsp3) is 0.222. The van der Waals surface area contributed by atoms with Crippen molar-refractivity contribution in [3.63, 3.8) is 0 Å². The van der Waals surface area contributed by atoms with Gasteiger partial charge in [-0.2, -0.15) is 0 Å². The molecule has 1 atom stereocenters. The Labute approximate surface area is 75.3 Å². The van der Waals surface area contributed by atoms with Gasteiger partial charge in [-0.25, -0.2) is 9.68 Å². The van der Waals surface area contributed by atoms with Gasteiger partial charge in [0.25, 0.3) is 0 Å². The first-order chi connectivity index (χ1) is 6.11. The van der Waals surface area contributed by atoms with Crippen molar-refractivity contribution in [2.75, 3.05) is 0 Å². The van der Waals surface area contributed by atoms with Crippen molar-refractivity contribution in [3.8, 4) is 0 Å². The van der Waals surface area contributed by atoms with Crippen LogP contribution in [0.2, 0.25) is 0 Å². The zero-order chi connectivity index (χ0) is 9.90. The lowest BCUT2D eigenvalue weighted by atomic mass is 9.96. The van der Waals surface area contributed by atoms with Crippen LogP contribution in [0.3, 0.4) is 0 Å². The molecule has 1 rings (SSSR count). The summed E-state index contributed by atoms with van der Waals surface area (Å²) >= 11 is 0. The summed E-state index contributed by atoms with van der Waals surface area (Å²) in [6.45, 7) is 1.28. The minimum absolute atomic E-state index is 0.394. The molecule has 0 saturated carbocycles. The Kier molecular flexibility index (Phi) is 2.65. The van der Waals surface area contributed by atoms with E-state index in [0.29, 0.717) is 5.56 Å². The maximum atomic E-state index is 10.8. The van der Waals surface area contributed by atoms with Gasteiger partial charge in [0.15, 0.2) is 0 Å². The molecule has 0 spiro atoms. The number of aliphatic carboxylic acids is 1. The van der Waals surface area contributed by atoms with E-state index in [4.69, 9.17) is 10.4 Å². The highest BCUT2D eigenvalue weighted by Gasteiger charge is 2.37. The molecule has 0 amide bonds. The third-order valence-electron chi connectivity index (χ3n) is 1.92. The number of carbonyl (C=O) groups is 1. The van der Waals surface area contributed by atoms with Gasteiger partial charge in [-0.15, -0.1) is 0 Å². The summed E-state index contributed by atoms with van der Waals surface area (Å²) in [6, 6.07) is 8.25. The monoisotopic (exact) mass is 182 g/mol. The van der Waals surface area contributed by atoms with Crippen molar-refractivity contribution in [1.29, 1.82) is 0 Å². The van der Waals surface area contributed by atoms with Crippen LogP contribution >= 0.6 is 0 Å². The second kappa shape index (κ2) is 3.55. The molecule has 0 bridgehead atoms. The Morgan fingerprint density at radius 1 is 1.38 bits per heavy atom. The van der Waals surface area contributed by atoms with Crippen LogP contribution in [0.4, 0.5) is 0 Å². The fourth-order valence-corrected chi connectivity index (χ4v) is 0.971. The standard InChI is InChI=1S/C9H10O4/c1-9(13-12,8(10)11)7-5-3-2-4-6-7/h2-6,12H,1H3,(H,10,11). The number of rotatable bonds is 3. The van der Waals surface area contributed by atoms with E-state index in [-0.39, 0.29) is 0 Å². The van der Waals surface area contributed by atoms with Gasteiger partial charge >= 0.3 is 5.97 Å². The molecule has 13 heavy (non-hydrogen) atoms. The van der Waals surface area contributed by atoms with E-state index in [0.717, 1.165) is 0 Å². The maximum Gasteiger partial charge on any atom is 0.343 e. The van der Waals surface area contributed by atoms with E-state index >= 15 is 0 Å². The molecule has 70 valence electrons. The third-order valence-corrected chi connectivity index (χ3v) is 1.92. The Morgan fingerprint density at radius 3 is 2.31 bits per heavy atom. The molecule has 0 aliphatic carbocycles. The predicted octanol–water partition coefficient (Wildman–Crippen LogP) is 1.48. The van der Waals surface area contributed by atoms with E-state index in [1.807, 2.05) is 0 Å². The molecular formula is C9H10O4.